The molecular weight excluding hydrogens is 357 g/mol. The molecule has 0 aliphatic heterocycles. The summed E-state index contributed by atoms with van der Waals surface area (Å²) in [6.45, 7) is 9.93. The Bertz CT molecular complexity index is 403. The van der Waals surface area contributed by atoms with E-state index >= 15 is 0 Å². The summed E-state index contributed by atoms with van der Waals surface area (Å²) in [5.74, 6) is 0.630. The van der Waals surface area contributed by atoms with Gasteiger partial charge in [-0.25, -0.2) is 0 Å². The molecule has 1 rings (SSSR count). The normalized spacial score (nSPS) is 11.0. The first-order chi connectivity index (χ1) is 9.13. The summed E-state index contributed by atoms with van der Waals surface area (Å²) in [6.07, 6.45) is 0.948. The van der Waals surface area contributed by atoms with E-state index in [0.717, 1.165) is 41.8 Å². The van der Waals surface area contributed by atoms with Crippen LogP contribution >= 0.6 is 22.6 Å². The van der Waals surface area contributed by atoms with Crippen molar-refractivity contribution in [2.45, 2.75) is 31.6 Å². The van der Waals surface area contributed by atoms with Crippen LogP contribution < -0.4 is 5.32 Å². The number of hydrogen-bond acceptors (Lipinski definition) is 4. The third kappa shape index (κ3) is 4.76. The maximum absolute atomic E-state index is 11.9. The highest BCUT2D eigenvalue weighted by atomic mass is 127. The molecular formula is C13H22IN3O2. The largest absolute Gasteiger partial charge is 0.359 e. The Hall–Kier alpha value is -0.630. The van der Waals surface area contributed by atoms with E-state index < -0.39 is 0 Å². The van der Waals surface area contributed by atoms with Gasteiger partial charge in [-0.15, -0.1) is 0 Å². The van der Waals surface area contributed by atoms with Crippen molar-refractivity contribution in [2.24, 2.45) is 0 Å². The first-order valence-electron chi connectivity index (χ1n) is 6.65. The number of halogens is 1. The van der Waals surface area contributed by atoms with Crippen molar-refractivity contribution >= 4 is 28.5 Å². The molecule has 0 aliphatic carbocycles. The van der Waals surface area contributed by atoms with E-state index in [4.69, 9.17) is 4.52 Å². The molecule has 6 heteroatoms. The highest BCUT2D eigenvalue weighted by Gasteiger charge is 2.17. The van der Waals surface area contributed by atoms with Crippen LogP contribution in [0, 0.1) is 6.92 Å². The van der Waals surface area contributed by atoms with E-state index in [-0.39, 0.29) is 5.91 Å². The lowest BCUT2D eigenvalue weighted by Gasteiger charge is -2.17. The van der Waals surface area contributed by atoms with Crippen LogP contribution in [0.4, 0.5) is 0 Å². The predicted molar refractivity (Wildman–Crippen MR) is 83.7 cm³/mol. The minimum absolute atomic E-state index is 0.142. The predicted octanol–water partition coefficient (Wildman–Crippen LogP) is 2.38. The Labute approximate surface area is 128 Å². The van der Waals surface area contributed by atoms with E-state index in [1.54, 1.807) is 0 Å². The molecule has 1 amide bonds. The van der Waals surface area contributed by atoms with E-state index in [2.05, 4.69) is 51.8 Å². The molecule has 5 nitrogen and oxygen atoms in total. The minimum Gasteiger partial charge on any atom is -0.359 e. The van der Waals surface area contributed by atoms with Crippen molar-refractivity contribution in [3.8, 4) is 0 Å². The lowest BCUT2D eigenvalue weighted by molar-refractivity contribution is 0.0942. The van der Waals surface area contributed by atoms with Gasteiger partial charge < -0.3 is 14.7 Å². The average molecular weight is 379 g/mol. The van der Waals surface area contributed by atoms with Crippen LogP contribution in [0.2, 0.25) is 0 Å². The van der Waals surface area contributed by atoms with Crippen LogP contribution in [-0.2, 0) is 4.43 Å². The molecule has 1 N–H and O–H groups in total. The van der Waals surface area contributed by atoms with Crippen LogP contribution in [0.15, 0.2) is 4.52 Å². The summed E-state index contributed by atoms with van der Waals surface area (Å²) >= 11 is 2.19. The zero-order chi connectivity index (χ0) is 14.3. The van der Waals surface area contributed by atoms with E-state index in [1.165, 1.54) is 0 Å². The molecule has 0 atom stereocenters. The SMILES string of the molecule is CCN(CC)CCCNC(=O)c1noc(CI)c1C. The average Bonchev–Trinajstić information content (AvgIpc) is 2.80. The smallest absolute Gasteiger partial charge is 0.273 e. The number of hydrogen-bond donors (Lipinski definition) is 1. The number of carbonyl (C=O) groups is 1. The molecule has 1 aromatic heterocycles. The Balaban J connectivity index is 2.37. The van der Waals surface area contributed by atoms with Crippen molar-refractivity contribution in [3.05, 3.63) is 17.0 Å². The van der Waals surface area contributed by atoms with Gasteiger partial charge in [-0.3, -0.25) is 4.79 Å². The Morgan fingerprint density at radius 1 is 1.42 bits per heavy atom. The van der Waals surface area contributed by atoms with Gasteiger partial charge in [0.2, 0.25) is 0 Å². The number of aromatic nitrogens is 1. The molecule has 0 unspecified atom stereocenters. The third-order valence-corrected chi connectivity index (χ3v) is 3.88. The molecule has 0 fully saturated rings. The number of nitrogens with one attached hydrogen (secondary N) is 1. The van der Waals surface area contributed by atoms with E-state index in [1.807, 2.05) is 6.92 Å². The van der Waals surface area contributed by atoms with Crippen molar-refractivity contribution in [2.75, 3.05) is 26.2 Å². The van der Waals surface area contributed by atoms with E-state index in [9.17, 15) is 4.79 Å². The van der Waals surface area contributed by atoms with Gasteiger partial charge in [0, 0.05) is 12.1 Å². The van der Waals surface area contributed by atoms with Crippen LogP contribution in [0.5, 0.6) is 0 Å². The molecule has 0 aliphatic rings. The van der Waals surface area contributed by atoms with Crippen molar-refractivity contribution in [1.29, 1.82) is 0 Å². The van der Waals surface area contributed by atoms with Gasteiger partial charge in [-0.05, 0) is 33.0 Å². The molecule has 0 saturated carbocycles. The first-order valence-corrected chi connectivity index (χ1v) is 8.18. The third-order valence-electron chi connectivity index (χ3n) is 3.19. The second kappa shape index (κ2) is 8.52. The molecule has 108 valence electrons. The summed E-state index contributed by atoms with van der Waals surface area (Å²) in [4.78, 5) is 14.3. The monoisotopic (exact) mass is 379 g/mol. The molecule has 0 aromatic carbocycles. The lowest BCUT2D eigenvalue weighted by Crippen LogP contribution is -2.30. The van der Waals surface area contributed by atoms with Gasteiger partial charge in [0.1, 0.15) is 5.76 Å². The maximum atomic E-state index is 11.9. The Kier molecular flexibility index (Phi) is 7.37. The molecule has 0 bridgehead atoms. The number of amides is 1. The summed E-state index contributed by atoms with van der Waals surface area (Å²) in [7, 11) is 0. The number of nitrogens with zero attached hydrogens (tertiary/aromatic N) is 2. The summed E-state index contributed by atoms with van der Waals surface area (Å²) in [6, 6.07) is 0. The summed E-state index contributed by atoms with van der Waals surface area (Å²) in [5, 5.41) is 6.72. The summed E-state index contributed by atoms with van der Waals surface area (Å²) < 4.78 is 5.85. The highest BCUT2D eigenvalue weighted by molar-refractivity contribution is 14.1. The fraction of sp³-hybridized carbons (Fsp3) is 0.692. The molecule has 0 radical (unpaired) electrons. The second-order valence-electron chi connectivity index (χ2n) is 4.35. The highest BCUT2D eigenvalue weighted by Crippen LogP contribution is 2.15. The second-order valence-corrected chi connectivity index (χ2v) is 5.11. The Morgan fingerprint density at radius 2 is 2.11 bits per heavy atom. The number of alkyl halides is 1. The van der Waals surface area contributed by atoms with Crippen LogP contribution in [0.1, 0.15) is 42.1 Å². The van der Waals surface area contributed by atoms with Crippen LogP contribution in [0.25, 0.3) is 0 Å². The lowest BCUT2D eigenvalue weighted by atomic mass is 10.2. The van der Waals surface area contributed by atoms with E-state index in [0.29, 0.717) is 12.2 Å². The fourth-order valence-corrected chi connectivity index (χ4v) is 2.55. The number of carbonyl (C=O) groups excluding carboxylic acids is 1. The van der Waals surface area contributed by atoms with Crippen LogP contribution in [-0.4, -0.2) is 42.1 Å². The number of rotatable bonds is 8. The van der Waals surface area contributed by atoms with Gasteiger partial charge in [-0.2, -0.15) is 0 Å². The van der Waals surface area contributed by atoms with Crippen molar-refractivity contribution < 1.29 is 9.32 Å². The Morgan fingerprint density at radius 3 is 2.63 bits per heavy atom. The molecule has 19 heavy (non-hydrogen) atoms. The van der Waals surface area contributed by atoms with Gasteiger partial charge >= 0.3 is 0 Å². The standard InChI is InChI=1S/C13H22IN3O2/c1-4-17(5-2)8-6-7-15-13(18)12-10(3)11(9-14)19-16-12/h4-9H2,1-3H3,(H,15,18). The maximum Gasteiger partial charge on any atom is 0.273 e. The van der Waals surface area contributed by atoms with Crippen LogP contribution in [0.3, 0.4) is 0 Å². The van der Waals surface area contributed by atoms with Crippen molar-refractivity contribution in [1.82, 2.24) is 15.4 Å². The first kappa shape index (κ1) is 16.4. The minimum atomic E-state index is -0.142. The fourth-order valence-electron chi connectivity index (χ4n) is 1.83. The van der Waals surface area contributed by atoms with Gasteiger partial charge in [0.05, 0.1) is 4.43 Å². The van der Waals surface area contributed by atoms with Gasteiger partial charge in [0.15, 0.2) is 5.69 Å². The quantitative estimate of drug-likeness (QED) is 0.428. The zero-order valence-electron chi connectivity index (χ0n) is 11.8. The van der Waals surface area contributed by atoms with Gasteiger partial charge in [0.25, 0.3) is 5.91 Å². The molecule has 1 aromatic rings. The summed E-state index contributed by atoms with van der Waals surface area (Å²) in [5.41, 5.74) is 1.25. The topological polar surface area (TPSA) is 58.4 Å². The molecule has 0 spiro atoms. The molecule has 0 saturated heterocycles. The zero-order valence-corrected chi connectivity index (χ0v) is 14.0. The van der Waals surface area contributed by atoms with Crippen molar-refractivity contribution in [3.63, 3.8) is 0 Å². The molecule has 1 heterocycles. The van der Waals surface area contributed by atoms with Gasteiger partial charge in [-0.1, -0.05) is 41.6 Å².